The zero-order valence-corrected chi connectivity index (χ0v) is 15.0. The number of hydrogen-bond acceptors (Lipinski definition) is 2. The van der Waals surface area contributed by atoms with Crippen LogP contribution in [0.4, 0.5) is 5.69 Å². The van der Waals surface area contributed by atoms with Gasteiger partial charge in [-0.3, -0.25) is 4.79 Å². The van der Waals surface area contributed by atoms with Gasteiger partial charge >= 0.3 is 0 Å². The third-order valence-corrected chi connectivity index (χ3v) is 4.81. The summed E-state index contributed by atoms with van der Waals surface area (Å²) in [7, 11) is 0. The second kappa shape index (κ2) is 6.68. The van der Waals surface area contributed by atoms with Gasteiger partial charge in [-0.25, -0.2) is 0 Å². The van der Waals surface area contributed by atoms with Crippen LogP contribution in [0.2, 0.25) is 0 Å². The average molecular weight is 343 g/mol. The van der Waals surface area contributed by atoms with E-state index in [4.69, 9.17) is 4.42 Å². The van der Waals surface area contributed by atoms with E-state index in [1.807, 2.05) is 61.2 Å². The van der Waals surface area contributed by atoms with Gasteiger partial charge in [0.25, 0.3) is 0 Å². The van der Waals surface area contributed by atoms with Gasteiger partial charge in [-0.05, 0) is 48.4 Å². The van der Waals surface area contributed by atoms with Crippen LogP contribution in [-0.4, -0.2) is 12.5 Å². The lowest BCUT2D eigenvalue weighted by Crippen LogP contribution is -2.31. The fourth-order valence-electron chi connectivity index (χ4n) is 3.56. The van der Waals surface area contributed by atoms with Crippen LogP contribution in [0.3, 0.4) is 0 Å². The summed E-state index contributed by atoms with van der Waals surface area (Å²) in [5.41, 5.74) is 3.85. The lowest BCUT2D eigenvalue weighted by Gasteiger charge is -2.21. The van der Waals surface area contributed by atoms with Gasteiger partial charge in [-0.15, -0.1) is 0 Å². The predicted molar refractivity (Wildman–Crippen MR) is 107 cm³/mol. The molecule has 0 radical (unpaired) electrons. The molecular formula is C23H21NO2. The summed E-state index contributed by atoms with van der Waals surface area (Å²) in [6.45, 7) is 4.68. The number of nitrogens with zero attached hydrogens (tertiary/aromatic N) is 1. The van der Waals surface area contributed by atoms with Crippen molar-refractivity contribution in [1.82, 2.24) is 0 Å². The van der Waals surface area contributed by atoms with Crippen molar-refractivity contribution in [3.05, 3.63) is 78.1 Å². The normalized spacial score (nSPS) is 11.2. The maximum atomic E-state index is 13.0. The predicted octanol–water partition coefficient (Wildman–Crippen LogP) is 5.49. The highest BCUT2D eigenvalue weighted by Gasteiger charge is 2.18. The topological polar surface area (TPSA) is 33.5 Å². The van der Waals surface area contributed by atoms with E-state index in [0.29, 0.717) is 13.0 Å². The van der Waals surface area contributed by atoms with Crippen molar-refractivity contribution in [3.63, 3.8) is 0 Å². The third kappa shape index (κ3) is 2.86. The van der Waals surface area contributed by atoms with Gasteiger partial charge in [0.2, 0.25) is 5.91 Å². The van der Waals surface area contributed by atoms with Crippen molar-refractivity contribution >= 4 is 33.3 Å². The second-order valence-corrected chi connectivity index (χ2v) is 6.57. The van der Waals surface area contributed by atoms with Gasteiger partial charge in [0, 0.05) is 23.2 Å². The van der Waals surface area contributed by atoms with Gasteiger partial charge in [-0.1, -0.05) is 42.5 Å². The van der Waals surface area contributed by atoms with Gasteiger partial charge in [0.15, 0.2) is 0 Å². The number of anilines is 1. The molecule has 0 saturated carbocycles. The highest BCUT2D eigenvalue weighted by molar-refractivity contribution is 6.09. The van der Waals surface area contributed by atoms with Gasteiger partial charge < -0.3 is 9.32 Å². The Bertz CT molecular complexity index is 1090. The Kier molecular flexibility index (Phi) is 4.21. The van der Waals surface area contributed by atoms with E-state index in [-0.39, 0.29) is 5.91 Å². The molecule has 3 heteroatoms. The zero-order chi connectivity index (χ0) is 18.1. The van der Waals surface area contributed by atoms with Crippen LogP contribution in [0.5, 0.6) is 0 Å². The first-order valence-electron chi connectivity index (χ1n) is 8.92. The van der Waals surface area contributed by atoms with Crippen molar-refractivity contribution in [2.24, 2.45) is 0 Å². The largest absolute Gasteiger partial charge is 0.464 e. The Morgan fingerprint density at radius 1 is 1.04 bits per heavy atom. The summed E-state index contributed by atoms with van der Waals surface area (Å²) in [5.74, 6) is 0.0775. The molecule has 0 aliphatic heterocycles. The average Bonchev–Trinajstić information content (AvgIpc) is 3.06. The molecule has 3 aromatic carbocycles. The minimum absolute atomic E-state index is 0.0775. The first kappa shape index (κ1) is 16.4. The molecule has 0 N–H and O–H groups in total. The lowest BCUT2D eigenvalue weighted by molar-refractivity contribution is -0.117. The molecule has 1 aromatic heterocycles. The first-order chi connectivity index (χ1) is 12.7. The van der Waals surface area contributed by atoms with E-state index in [1.54, 1.807) is 6.26 Å². The minimum atomic E-state index is 0.0775. The summed E-state index contributed by atoms with van der Waals surface area (Å²) in [6, 6.07) is 20.3. The molecular weight excluding hydrogens is 322 g/mol. The van der Waals surface area contributed by atoms with Gasteiger partial charge in [0.05, 0.1) is 12.7 Å². The molecule has 0 bridgehead atoms. The minimum Gasteiger partial charge on any atom is -0.464 e. The Labute approximate surface area is 152 Å². The number of carbonyl (C=O) groups excluding carboxylic acids is 1. The molecule has 0 unspecified atom stereocenters. The SMILES string of the molecule is CCN(C(=O)Cc1coc2ccc3ccccc3c12)c1cccc(C)c1. The van der Waals surface area contributed by atoms with E-state index in [1.165, 1.54) is 0 Å². The molecule has 0 spiro atoms. The van der Waals surface area contributed by atoms with Crippen molar-refractivity contribution < 1.29 is 9.21 Å². The fraction of sp³-hybridized carbons (Fsp3) is 0.174. The number of rotatable bonds is 4. The summed E-state index contributed by atoms with van der Waals surface area (Å²) in [6.07, 6.45) is 2.04. The molecule has 0 atom stereocenters. The van der Waals surface area contributed by atoms with Crippen LogP contribution in [0.15, 0.2) is 71.3 Å². The van der Waals surface area contributed by atoms with E-state index in [9.17, 15) is 4.79 Å². The van der Waals surface area contributed by atoms with Crippen molar-refractivity contribution in [2.75, 3.05) is 11.4 Å². The second-order valence-electron chi connectivity index (χ2n) is 6.57. The van der Waals surface area contributed by atoms with Crippen LogP contribution < -0.4 is 4.90 Å². The van der Waals surface area contributed by atoms with Crippen molar-refractivity contribution in [3.8, 4) is 0 Å². The molecule has 130 valence electrons. The van der Waals surface area contributed by atoms with Crippen molar-refractivity contribution in [2.45, 2.75) is 20.3 Å². The van der Waals surface area contributed by atoms with Crippen LogP contribution in [0.25, 0.3) is 21.7 Å². The quantitative estimate of drug-likeness (QED) is 0.491. The summed E-state index contributed by atoms with van der Waals surface area (Å²) in [4.78, 5) is 14.8. The number of carbonyl (C=O) groups is 1. The van der Waals surface area contributed by atoms with E-state index in [2.05, 4.69) is 18.2 Å². The highest BCUT2D eigenvalue weighted by Crippen LogP contribution is 2.30. The van der Waals surface area contributed by atoms with Crippen LogP contribution >= 0.6 is 0 Å². The first-order valence-corrected chi connectivity index (χ1v) is 8.92. The lowest BCUT2D eigenvalue weighted by atomic mass is 10.0. The van der Waals surface area contributed by atoms with E-state index in [0.717, 1.165) is 38.6 Å². The highest BCUT2D eigenvalue weighted by atomic mass is 16.3. The number of aryl methyl sites for hydroxylation is 1. The summed E-state index contributed by atoms with van der Waals surface area (Å²) >= 11 is 0. The molecule has 0 fully saturated rings. The molecule has 4 aromatic rings. The van der Waals surface area contributed by atoms with Crippen molar-refractivity contribution in [1.29, 1.82) is 0 Å². The van der Waals surface area contributed by atoms with Gasteiger partial charge in [-0.2, -0.15) is 0 Å². The molecule has 3 nitrogen and oxygen atoms in total. The number of hydrogen-bond donors (Lipinski definition) is 0. The summed E-state index contributed by atoms with van der Waals surface area (Å²) in [5, 5.41) is 3.32. The number of furan rings is 1. The molecule has 1 amide bonds. The maximum Gasteiger partial charge on any atom is 0.231 e. The number of fused-ring (bicyclic) bond motifs is 3. The summed E-state index contributed by atoms with van der Waals surface area (Å²) < 4.78 is 5.73. The Morgan fingerprint density at radius 3 is 2.69 bits per heavy atom. The van der Waals surface area contributed by atoms with E-state index >= 15 is 0 Å². The fourth-order valence-corrected chi connectivity index (χ4v) is 3.56. The van der Waals surface area contributed by atoms with Crippen LogP contribution in [0, 0.1) is 6.92 Å². The number of amides is 1. The number of likely N-dealkylation sites (N-methyl/N-ethyl adjacent to an activating group) is 1. The third-order valence-electron chi connectivity index (χ3n) is 4.81. The van der Waals surface area contributed by atoms with Crippen LogP contribution in [-0.2, 0) is 11.2 Å². The molecule has 0 saturated heterocycles. The zero-order valence-electron chi connectivity index (χ0n) is 15.0. The molecule has 26 heavy (non-hydrogen) atoms. The van der Waals surface area contributed by atoms with Gasteiger partial charge in [0.1, 0.15) is 5.58 Å². The molecule has 0 aliphatic carbocycles. The Balaban J connectivity index is 1.72. The standard InChI is InChI=1S/C23H21NO2/c1-3-24(19-9-6-7-16(2)13-19)22(25)14-18-15-26-21-12-11-17-8-4-5-10-20(17)23(18)21/h4-13,15H,3,14H2,1-2H3. The van der Waals surface area contributed by atoms with Crippen LogP contribution in [0.1, 0.15) is 18.1 Å². The molecule has 4 rings (SSSR count). The monoisotopic (exact) mass is 343 g/mol. The van der Waals surface area contributed by atoms with E-state index < -0.39 is 0 Å². The molecule has 0 aliphatic rings. The smallest absolute Gasteiger partial charge is 0.231 e. The molecule has 1 heterocycles. The Hall–Kier alpha value is -3.07. The Morgan fingerprint density at radius 2 is 1.88 bits per heavy atom. The maximum absolute atomic E-state index is 13.0. The number of benzene rings is 3.